The average molecular weight is 295 g/mol. The van der Waals surface area contributed by atoms with E-state index in [2.05, 4.69) is 22.0 Å². The van der Waals surface area contributed by atoms with Crippen molar-refractivity contribution in [3.63, 3.8) is 0 Å². The van der Waals surface area contributed by atoms with Gasteiger partial charge in [-0.2, -0.15) is 0 Å². The molecule has 0 spiro atoms. The summed E-state index contributed by atoms with van der Waals surface area (Å²) in [6, 6.07) is 6.83. The fraction of sp³-hybridized carbons (Fsp3) is 0.357. The number of Topliss-reactive ketones (excluding diaryl/α,β-unsaturated/α-hetero) is 1. The number of benzene rings is 1. The van der Waals surface area contributed by atoms with Crippen LogP contribution in [0.4, 0.5) is 0 Å². The minimum atomic E-state index is 0.0296. The first-order valence-electron chi connectivity index (χ1n) is 5.76. The number of carbonyl (C=O) groups is 1. The van der Waals surface area contributed by atoms with E-state index < -0.39 is 0 Å². The van der Waals surface area contributed by atoms with Crippen molar-refractivity contribution >= 4 is 21.7 Å². The summed E-state index contributed by atoms with van der Waals surface area (Å²) < 4.78 is 0. The number of carbonyl (C=O) groups excluding carboxylic acids is 1. The van der Waals surface area contributed by atoms with Gasteiger partial charge in [0.05, 0.1) is 0 Å². The molecule has 0 bridgehead atoms. The lowest BCUT2D eigenvalue weighted by molar-refractivity contribution is -0.121. The van der Waals surface area contributed by atoms with Crippen molar-refractivity contribution in [2.75, 3.05) is 0 Å². The average Bonchev–Trinajstić information content (AvgIpc) is 2.32. The van der Waals surface area contributed by atoms with Gasteiger partial charge in [-0.15, -0.1) is 0 Å². The van der Waals surface area contributed by atoms with Crippen LogP contribution >= 0.6 is 15.9 Å². The highest BCUT2D eigenvalue weighted by Gasteiger charge is 2.21. The second-order valence-electron chi connectivity index (χ2n) is 4.41. The van der Waals surface area contributed by atoms with E-state index in [0.717, 1.165) is 18.4 Å². The number of alkyl halides is 1. The van der Waals surface area contributed by atoms with Gasteiger partial charge in [-0.05, 0) is 30.5 Å². The Labute approximate surface area is 109 Å². The number of halogens is 1. The van der Waals surface area contributed by atoms with E-state index in [4.69, 9.17) is 0 Å². The van der Waals surface area contributed by atoms with Crippen molar-refractivity contribution in [1.82, 2.24) is 0 Å². The number of ketones is 1. The van der Waals surface area contributed by atoms with Crippen LogP contribution < -0.4 is 0 Å². The normalized spacial score (nSPS) is 23.6. The molecular weight excluding hydrogens is 280 g/mol. The van der Waals surface area contributed by atoms with Gasteiger partial charge < -0.3 is 5.11 Å². The summed E-state index contributed by atoms with van der Waals surface area (Å²) in [6.07, 6.45) is 6.41. The fourth-order valence-electron chi connectivity index (χ4n) is 2.03. The molecule has 3 heteroatoms. The molecule has 0 aromatic heterocycles. The third-order valence-corrected chi connectivity index (χ3v) is 3.75. The highest BCUT2D eigenvalue weighted by atomic mass is 79.9. The Morgan fingerprint density at radius 2 is 2.06 bits per heavy atom. The van der Waals surface area contributed by atoms with Crippen molar-refractivity contribution in [1.29, 1.82) is 0 Å². The van der Waals surface area contributed by atoms with Crippen LogP contribution in [0.3, 0.4) is 0 Å². The monoisotopic (exact) mass is 294 g/mol. The van der Waals surface area contributed by atoms with Gasteiger partial charge in [-0.1, -0.05) is 40.2 Å². The van der Waals surface area contributed by atoms with Crippen molar-refractivity contribution in [2.24, 2.45) is 5.92 Å². The third kappa shape index (κ3) is 3.43. The van der Waals surface area contributed by atoms with Crippen molar-refractivity contribution < 1.29 is 9.90 Å². The molecule has 2 rings (SSSR count). The minimum absolute atomic E-state index is 0.0296. The Morgan fingerprint density at radius 1 is 1.35 bits per heavy atom. The highest BCUT2D eigenvalue weighted by Crippen LogP contribution is 2.25. The summed E-state index contributed by atoms with van der Waals surface area (Å²) in [5.41, 5.74) is 0.956. The predicted octanol–water partition coefficient (Wildman–Crippen LogP) is 3.23. The number of rotatable bonds is 3. The second-order valence-corrected chi connectivity index (χ2v) is 5.71. The molecule has 2 nitrogen and oxygen atoms in total. The molecule has 0 fully saturated rings. The molecule has 2 unspecified atom stereocenters. The molecule has 1 aromatic carbocycles. The highest BCUT2D eigenvalue weighted by molar-refractivity contribution is 9.09. The molecule has 17 heavy (non-hydrogen) atoms. The first-order valence-corrected chi connectivity index (χ1v) is 6.68. The van der Waals surface area contributed by atoms with E-state index in [1.165, 1.54) is 0 Å². The Hall–Kier alpha value is -1.09. The number of allylic oxidation sites excluding steroid dienone is 2. The van der Waals surface area contributed by atoms with E-state index >= 15 is 0 Å². The second kappa shape index (κ2) is 5.50. The lowest BCUT2D eigenvalue weighted by atomic mass is 9.89. The quantitative estimate of drug-likeness (QED) is 0.686. The fourth-order valence-corrected chi connectivity index (χ4v) is 2.64. The number of aromatic hydroxyl groups is 1. The molecule has 0 aliphatic heterocycles. The SMILES string of the molecule is O=C(Cc1ccc(O)cc1)C1C=CCC(Br)C1. The number of phenolic OH excluding ortho intramolecular Hbond substituents is 1. The zero-order chi connectivity index (χ0) is 12.3. The van der Waals surface area contributed by atoms with Crippen LogP contribution in [0.5, 0.6) is 5.75 Å². The van der Waals surface area contributed by atoms with Gasteiger partial charge in [0.15, 0.2) is 0 Å². The van der Waals surface area contributed by atoms with Gasteiger partial charge >= 0.3 is 0 Å². The number of hydrogen-bond acceptors (Lipinski definition) is 2. The van der Waals surface area contributed by atoms with Crippen LogP contribution in [0.2, 0.25) is 0 Å². The van der Waals surface area contributed by atoms with Crippen LogP contribution in [0.1, 0.15) is 18.4 Å². The van der Waals surface area contributed by atoms with Crippen LogP contribution in [-0.2, 0) is 11.2 Å². The largest absolute Gasteiger partial charge is 0.508 e. The predicted molar refractivity (Wildman–Crippen MR) is 71.4 cm³/mol. The molecule has 0 saturated heterocycles. The zero-order valence-electron chi connectivity index (χ0n) is 9.47. The van der Waals surface area contributed by atoms with Gasteiger partial charge in [0, 0.05) is 17.2 Å². The molecule has 90 valence electrons. The van der Waals surface area contributed by atoms with Crippen molar-refractivity contribution in [3.05, 3.63) is 42.0 Å². The topological polar surface area (TPSA) is 37.3 Å². The molecule has 0 radical (unpaired) electrons. The number of phenols is 1. The molecule has 0 saturated carbocycles. The molecule has 1 aliphatic rings. The van der Waals surface area contributed by atoms with Gasteiger partial charge in [0.2, 0.25) is 0 Å². The van der Waals surface area contributed by atoms with Gasteiger partial charge in [-0.3, -0.25) is 4.79 Å². The molecular formula is C14H15BrO2. The van der Waals surface area contributed by atoms with Crippen LogP contribution in [0.25, 0.3) is 0 Å². The lowest BCUT2D eigenvalue weighted by Crippen LogP contribution is -2.21. The first-order chi connectivity index (χ1) is 8.15. The molecule has 1 aromatic rings. The smallest absolute Gasteiger partial charge is 0.144 e. The zero-order valence-corrected chi connectivity index (χ0v) is 11.1. The molecule has 1 aliphatic carbocycles. The summed E-state index contributed by atoms with van der Waals surface area (Å²) >= 11 is 3.56. The van der Waals surface area contributed by atoms with E-state index in [9.17, 15) is 9.90 Å². The van der Waals surface area contributed by atoms with Crippen molar-refractivity contribution in [2.45, 2.75) is 24.1 Å². The molecule has 2 atom stereocenters. The van der Waals surface area contributed by atoms with Crippen LogP contribution in [0.15, 0.2) is 36.4 Å². The maximum Gasteiger partial charge on any atom is 0.144 e. The minimum Gasteiger partial charge on any atom is -0.508 e. The van der Waals surface area contributed by atoms with Crippen molar-refractivity contribution in [3.8, 4) is 5.75 Å². The molecule has 0 amide bonds. The Balaban J connectivity index is 1.99. The van der Waals surface area contributed by atoms with E-state index in [1.807, 2.05) is 6.08 Å². The summed E-state index contributed by atoms with van der Waals surface area (Å²) in [5, 5.41) is 9.17. The molecule has 1 N–H and O–H groups in total. The Morgan fingerprint density at radius 3 is 2.71 bits per heavy atom. The number of hydrogen-bond donors (Lipinski definition) is 1. The maximum absolute atomic E-state index is 12.1. The molecule has 0 heterocycles. The summed E-state index contributed by atoms with van der Waals surface area (Å²) in [6.45, 7) is 0. The van der Waals surface area contributed by atoms with Gasteiger partial charge in [-0.25, -0.2) is 0 Å². The Bertz CT molecular complexity index is 422. The van der Waals surface area contributed by atoms with Crippen LogP contribution in [-0.4, -0.2) is 15.7 Å². The standard InChI is InChI=1S/C14H15BrO2/c15-12-3-1-2-11(9-12)14(17)8-10-4-6-13(16)7-5-10/h1-2,4-7,11-12,16H,3,8-9H2. The van der Waals surface area contributed by atoms with E-state index in [0.29, 0.717) is 11.2 Å². The third-order valence-electron chi connectivity index (χ3n) is 3.00. The summed E-state index contributed by atoms with van der Waals surface area (Å²) in [4.78, 5) is 12.5. The Kier molecular flexibility index (Phi) is 4.00. The van der Waals surface area contributed by atoms with Crippen LogP contribution in [0, 0.1) is 5.92 Å². The van der Waals surface area contributed by atoms with Gasteiger partial charge in [0.1, 0.15) is 11.5 Å². The summed E-state index contributed by atoms with van der Waals surface area (Å²) in [7, 11) is 0. The maximum atomic E-state index is 12.1. The van der Waals surface area contributed by atoms with E-state index in [1.54, 1.807) is 24.3 Å². The van der Waals surface area contributed by atoms with Gasteiger partial charge in [0.25, 0.3) is 0 Å². The first kappa shape index (κ1) is 12.4. The summed E-state index contributed by atoms with van der Waals surface area (Å²) in [5.74, 6) is 0.511. The lowest BCUT2D eigenvalue weighted by Gasteiger charge is -2.19. The van der Waals surface area contributed by atoms with E-state index in [-0.39, 0.29) is 17.5 Å².